The van der Waals surface area contributed by atoms with E-state index < -0.39 is 5.97 Å². The minimum atomic E-state index is -0.632. The van der Waals surface area contributed by atoms with Crippen molar-refractivity contribution in [1.29, 1.82) is 0 Å². The number of carboxylic acids is 1. The van der Waals surface area contributed by atoms with E-state index in [1.54, 1.807) is 12.1 Å². The van der Waals surface area contributed by atoms with Crippen LogP contribution in [-0.4, -0.2) is 59.6 Å². The van der Waals surface area contributed by atoms with Crippen LogP contribution in [0.2, 0.25) is 0 Å². The van der Waals surface area contributed by atoms with E-state index in [9.17, 15) is 14.3 Å². The molecule has 3 aliphatic rings. The molecule has 3 atom stereocenters. The van der Waals surface area contributed by atoms with Crippen LogP contribution in [0.25, 0.3) is 0 Å². The SMILES string of the molecule is Cc1cccc(C2CN(C(CC3CCCC3)C(=O)O)CC2CN2CCC(CCCc3ccc(F)cc3)CC2)c1. The van der Waals surface area contributed by atoms with E-state index in [4.69, 9.17) is 0 Å². The predicted molar refractivity (Wildman–Crippen MR) is 155 cm³/mol. The van der Waals surface area contributed by atoms with E-state index in [1.165, 1.54) is 68.1 Å². The highest BCUT2D eigenvalue weighted by atomic mass is 19.1. The molecular formula is C34H47FN2O2. The summed E-state index contributed by atoms with van der Waals surface area (Å²) in [5.74, 6) is 1.42. The maximum atomic E-state index is 13.2. The number of hydrogen-bond donors (Lipinski definition) is 1. The fourth-order valence-corrected chi connectivity index (χ4v) is 7.63. The van der Waals surface area contributed by atoms with Crippen molar-refractivity contribution in [3.05, 3.63) is 71.0 Å². The Morgan fingerprint density at radius 2 is 1.74 bits per heavy atom. The number of aryl methyl sites for hydroxylation is 2. The second-order valence-electron chi connectivity index (χ2n) is 12.7. The molecule has 2 aliphatic heterocycles. The van der Waals surface area contributed by atoms with Gasteiger partial charge in [-0.3, -0.25) is 9.69 Å². The molecule has 2 saturated heterocycles. The first kappa shape index (κ1) is 28.3. The highest BCUT2D eigenvalue weighted by Crippen LogP contribution is 2.38. The van der Waals surface area contributed by atoms with Gasteiger partial charge in [0.15, 0.2) is 0 Å². The number of likely N-dealkylation sites (tertiary alicyclic amines) is 2. The Kier molecular flexibility index (Phi) is 9.73. The molecule has 4 nitrogen and oxygen atoms in total. The maximum absolute atomic E-state index is 13.2. The van der Waals surface area contributed by atoms with E-state index in [2.05, 4.69) is 41.0 Å². The van der Waals surface area contributed by atoms with Crippen molar-refractivity contribution in [2.24, 2.45) is 17.8 Å². The van der Waals surface area contributed by atoms with Gasteiger partial charge in [0.05, 0.1) is 0 Å². The Morgan fingerprint density at radius 1 is 1.00 bits per heavy atom. The molecule has 0 radical (unpaired) electrons. The summed E-state index contributed by atoms with van der Waals surface area (Å²) in [5, 5.41) is 10.2. The quantitative estimate of drug-likeness (QED) is 0.340. The molecule has 5 rings (SSSR count). The van der Waals surface area contributed by atoms with Crippen LogP contribution in [-0.2, 0) is 11.2 Å². The molecule has 0 spiro atoms. The molecule has 1 aliphatic carbocycles. The van der Waals surface area contributed by atoms with Gasteiger partial charge >= 0.3 is 5.97 Å². The molecule has 0 aromatic heterocycles. The van der Waals surface area contributed by atoms with Crippen LogP contribution >= 0.6 is 0 Å². The highest BCUT2D eigenvalue weighted by Gasteiger charge is 2.41. The Hall–Kier alpha value is -2.24. The number of carboxylic acid groups (broad SMARTS) is 1. The van der Waals surface area contributed by atoms with Crippen molar-refractivity contribution in [1.82, 2.24) is 9.80 Å². The molecule has 212 valence electrons. The topological polar surface area (TPSA) is 43.8 Å². The van der Waals surface area contributed by atoms with E-state index in [0.717, 1.165) is 51.5 Å². The summed E-state index contributed by atoms with van der Waals surface area (Å²) in [7, 11) is 0. The number of halogens is 1. The van der Waals surface area contributed by atoms with Gasteiger partial charge in [0.2, 0.25) is 0 Å². The second-order valence-corrected chi connectivity index (χ2v) is 12.7. The lowest BCUT2D eigenvalue weighted by Crippen LogP contribution is -2.42. The molecule has 1 saturated carbocycles. The van der Waals surface area contributed by atoms with Crippen molar-refractivity contribution >= 4 is 5.97 Å². The lowest BCUT2D eigenvalue weighted by atomic mass is 9.86. The zero-order chi connectivity index (χ0) is 27.2. The smallest absolute Gasteiger partial charge is 0.320 e. The van der Waals surface area contributed by atoms with Gasteiger partial charge in [-0.1, -0.05) is 74.1 Å². The fourth-order valence-electron chi connectivity index (χ4n) is 7.63. The maximum Gasteiger partial charge on any atom is 0.320 e. The van der Waals surface area contributed by atoms with Crippen molar-refractivity contribution in [2.45, 2.75) is 83.1 Å². The Balaban J connectivity index is 1.17. The molecular weight excluding hydrogens is 487 g/mol. The van der Waals surface area contributed by atoms with Crippen LogP contribution in [0.4, 0.5) is 4.39 Å². The van der Waals surface area contributed by atoms with Crippen LogP contribution < -0.4 is 0 Å². The zero-order valence-electron chi connectivity index (χ0n) is 23.7. The lowest BCUT2D eigenvalue weighted by molar-refractivity contribution is -0.143. The number of rotatable bonds is 11. The first-order valence-electron chi connectivity index (χ1n) is 15.4. The summed E-state index contributed by atoms with van der Waals surface area (Å²) < 4.78 is 13.2. The Bertz CT molecular complexity index is 1060. The molecule has 2 aromatic carbocycles. The third-order valence-electron chi connectivity index (χ3n) is 9.89. The molecule has 5 heteroatoms. The molecule has 2 heterocycles. The van der Waals surface area contributed by atoms with Gasteiger partial charge in [0.25, 0.3) is 0 Å². The van der Waals surface area contributed by atoms with E-state index in [-0.39, 0.29) is 11.9 Å². The van der Waals surface area contributed by atoms with Gasteiger partial charge in [-0.2, -0.15) is 0 Å². The van der Waals surface area contributed by atoms with Gasteiger partial charge < -0.3 is 10.0 Å². The number of piperidine rings is 1. The van der Waals surface area contributed by atoms with Crippen LogP contribution in [0.1, 0.15) is 80.4 Å². The summed E-state index contributed by atoms with van der Waals surface area (Å²) in [6.45, 7) is 7.25. The van der Waals surface area contributed by atoms with E-state index in [0.29, 0.717) is 17.8 Å². The predicted octanol–water partition coefficient (Wildman–Crippen LogP) is 6.92. The minimum Gasteiger partial charge on any atom is -0.480 e. The summed E-state index contributed by atoms with van der Waals surface area (Å²) in [6.07, 6.45) is 11.7. The van der Waals surface area contributed by atoms with Crippen LogP contribution in [0.15, 0.2) is 48.5 Å². The van der Waals surface area contributed by atoms with Crippen LogP contribution in [0.5, 0.6) is 0 Å². The molecule has 3 fully saturated rings. The standard InChI is InChI=1S/C34H47FN2O2/c1-25-6-4-11-29(20-25)32-24-37(33(34(38)39)21-28-7-2-3-8-28)23-30(32)22-36-18-16-27(17-19-36)10-5-9-26-12-14-31(35)15-13-26/h4,6,11-15,20,27-28,30,32-33H,2-3,5,7-10,16-19,21-24H2,1H3,(H,38,39). The number of carbonyl (C=O) groups is 1. The number of nitrogens with zero attached hydrogens (tertiary/aromatic N) is 2. The van der Waals surface area contributed by atoms with Gasteiger partial charge in [-0.25, -0.2) is 4.39 Å². The molecule has 2 aromatic rings. The fraction of sp³-hybridized carbons (Fsp3) is 0.618. The first-order chi connectivity index (χ1) is 18.9. The van der Waals surface area contributed by atoms with Crippen molar-refractivity contribution < 1.29 is 14.3 Å². The zero-order valence-corrected chi connectivity index (χ0v) is 23.7. The van der Waals surface area contributed by atoms with Gasteiger partial charge in [0, 0.05) is 25.6 Å². The van der Waals surface area contributed by atoms with Crippen LogP contribution in [0, 0.1) is 30.5 Å². The van der Waals surface area contributed by atoms with Crippen LogP contribution in [0.3, 0.4) is 0 Å². The average Bonchev–Trinajstić information content (AvgIpc) is 3.59. The van der Waals surface area contributed by atoms with E-state index in [1.807, 2.05) is 12.1 Å². The van der Waals surface area contributed by atoms with Gasteiger partial charge in [-0.15, -0.1) is 0 Å². The van der Waals surface area contributed by atoms with Gasteiger partial charge in [0.1, 0.15) is 11.9 Å². The number of hydrogen-bond acceptors (Lipinski definition) is 3. The van der Waals surface area contributed by atoms with E-state index >= 15 is 0 Å². The molecule has 0 bridgehead atoms. The van der Waals surface area contributed by atoms with Crippen molar-refractivity contribution in [2.75, 3.05) is 32.7 Å². The summed E-state index contributed by atoms with van der Waals surface area (Å²) in [4.78, 5) is 17.4. The normalized spacial score (nSPS) is 24.4. The monoisotopic (exact) mass is 534 g/mol. The summed E-state index contributed by atoms with van der Waals surface area (Å²) >= 11 is 0. The first-order valence-corrected chi connectivity index (χ1v) is 15.4. The molecule has 1 N–H and O–H groups in total. The largest absolute Gasteiger partial charge is 0.480 e. The molecule has 39 heavy (non-hydrogen) atoms. The third kappa shape index (κ3) is 7.70. The Labute approximate surface area is 234 Å². The second kappa shape index (κ2) is 13.4. The number of aliphatic carboxylic acids is 1. The van der Waals surface area contributed by atoms with Crippen molar-refractivity contribution in [3.8, 4) is 0 Å². The van der Waals surface area contributed by atoms with Gasteiger partial charge in [-0.05, 0) is 93.1 Å². The lowest BCUT2D eigenvalue weighted by Gasteiger charge is -2.35. The third-order valence-corrected chi connectivity index (χ3v) is 9.89. The Morgan fingerprint density at radius 3 is 2.44 bits per heavy atom. The summed E-state index contributed by atoms with van der Waals surface area (Å²) in [5.41, 5.74) is 3.89. The molecule has 0 amide bonds. The minimum absolute atomic E-state index is 0.159. The highest BCUT2D eigenvalue weighted by molar-refractivity contribution is 5.73. The summed E-state index contributed by atoms with van der Waals surface area (Å²) in [6, 6.07) is 15.5. The van der Waals surface area contributed by atoms with Crippen molar-refractivity contribution in [3.63, 3.8) is 0 Å². The number of benzene rings is 2. The average molecular weight is 535 g/mol. The molecule has 3 unspecified atom stereocenters.